The van der Waals surface area contributed by atoms with Crippen LogP contribution >= 0.6 is 11.3 Å². The number of benzene rings is 1. The summed E-state index contributed by atoms with van der Waals surface area (Å²) in [4.78, 5) is 18.2. The Labute approximate surface area is 175 Å². The Balaban J connectivity index is 1.38. The summed E-state index contributed by atoms with van der Waals surface area (Å²) in [5, 5.41) is 3.14. The molecule has 7 nitrogen and oxygen atoms in total. The van der Waals surface area contributed by atoms with Crippen LogP contribution in [-0.4, -0.2) is 59.7 Å². The smallest absolute Gasteiger partial charge is 0.225 e. The average Bonchev–Trinajstić information content (AvgIpc) is 3.24. The molecule has 1 fully saturated rings. The van der Waals surface area contributed by atoms with Gasteiger partial charge in [-0.1, -0.05) is 0 Å². The van der Waals surface area contributed by atoms with E-state index in [4.69, 9.17) is 14.5 Å². The summed E-state index contributed by atoms with van der Waals surface area (Å²) in [5.41, 5.74) is 2.15. The summed E-state index contributed by atoms with van der Waals surface area (Å²) in [6.45, 7) is 7.24. The molecule has 1 aliphatic rings. The second-order valence-electron chi connectivity index (χ2n) is 6.75. The second-order valence-corrected chi connectivity index (χ2v) is 7.61. The van der Waals surface area contributed by atoms with E-state index >= 15 is 0 Å². The largest absolute Gasteiger partial charge is 0.493 e. The van der Waals surface area contributed by atoms with Gasteiger partial charge in [0.1, 0.15) is 5.01 Å². The van der Waals surface area contributed by atoms with Gasteiger partial charge in [-0.2, -0.15) is 0 Å². The predicted octanol–water partition coefficient (Wildman–Crippen LogP) is 3.33. The van der Waals surface area contributed by atoms with Gasteiger partial charge in [-0.25, -0.2) is 15.0 Å². The van der Waals surface area contributed by atoms with E-state index in [1.807, 2.05) is 31.2 Å². The van der Waals surface area contributed by atoms with Crippen molar-refractivity contribution in [3.05, 3.63) is 47.7 Å². The quantitative estimate of drug-likeness (QED) is 0.591. The molecule has 0 N–H and O–H groups in total. The number of aromatic nitrogens is 3. The molecule has 29 heavy (non-hydrogen) atoms. The summed E-state index contributed by atoms with van der Waals surface area (Å²) < 4.78 is 11.1. The van der Waals surface area contributed by atoms with Gasteiger partial charge in [0.15, 0.2) is 11.5 Å². The Morgan fingerprint density at radius 1 is 1.07 bits per heavy atom. The van der Waals surface area contributed by atoms with Gasteiger partial charge in [-0.05, 0) is 31.2 Å². The lowest BCUT2D eigenvalue weighted by Crippen LogP contribution is -2.46. The van der Waals surface area contributed by atoms with E-state index in [0.29, 0.717) is 6.61 Å². The Kier molecular flexibility index (Phi) is 6.21. The molecule has 2 aromatic heterocycles. The molecular formula is C21H25N5O2S. The Bertz CT molecular complexity index is 926. The van der Waals surface area contributed by atoms with Crippen molar-refractivity contribution in [3.8, 4) is 22.1 Å². The van der Waals surface area contributed by atoms with Gasteiger partial charge in [0, 0.05) is 56.1 Å². The first-order valence-corrected chi connectivity index (χ1v) is 10.6. The normalized spacial score (nSPS) is 14.8. The lowest BCUT2D eigenvalue weighted by Gasteiger charge is -2.34. The molecule has 0 saturated carbocycles. The minimum absolute atomic E-state index is 0.612. The number of nitrogens with zero attached hydrogens (tertiary/aromatic N) is 5. The van der Waals surface area contributed by atoms with Crippen LogP contribution < -0.4 is 14.4 Å². The zero-order chi connectivity index (χ0) is 20.1. The molecule has 0 bridgehead atoms. The van der Waals surface area contributed by atoms with Crippen LogP contribution in [0.1, 0.15) is 12.6 Å². The summed E-state index contributed by atoms with van der Waals surface area (Å²) in [6, 6.07) is 7.82. The molecule has 0 amide bonds. The number of hydrogen-bond acceptors (Lipinski definition) is 8. The number of anilines is 1. The minimum atomic E-state index is 0.612. The lowest BCUT2D eigenvalue weighted by atomic mass is 10.2. The molecule has 152 valence electrons. The molecule has 8 heteroatoms. The zero-order valence-electron chi connectivity index (χ0n) is 16.7. The van der Waals surface area contributed by atoms with Crippen LogP contribution in [0, 0.1) is 0 Å². The van der Waals surface area contributed by atoms with Gasteiger partial charge in [0.2, 0.25) is 5.95 Å². The van der Waals surface area contributed by atoms with Crippen molar-refractivity contribution in [2.24, 2.45) is 0 Å². The maximum absolute atomic E-state index is 5.60. The molecule has 3 heterocycles. The molecule has 0 aliphatic carbocycles. The van der Waals surface area contributed by atoms with Gasteiger partial charge in [0.25, 0.3) is 0 Å². The maximum Gasteiger partial charge on any atom is 0.225 e. The van der Waals surface area contributed by atoms with E-state index in [0.717, 1.165) is 66.4 Å². The second kappa shape index (κ2) is 9.19. The maximum atomic E-state index is 5.60. The van der Waals surface area contributed by atoms with Gasteiger partial charge in [0.05, 0.1) is 19.4 Å². The fourth-order valence-corrected chi connectivity index (χ4v) is 4.19. The molecule has 0 radical (unpaired) electrons. The highest BCUT2D eigenvalue weighted by atomic mass is 32.1. The molecular weight excluding hydrogens is 386 g/mol. The molecule has 1 aromatic carbocycles. The summed E-state index contributed by atoms with van der Waals surface area (Å²) in [7, 11) is 1.66. The van der Waals surface area contributed by atoms with Crippen LogP contribution in [0.15, 0.2) is 42.0 Å². The van der Waals surface area contributed by atoms with Crippen LogP contribution in [0.5, 0.6) is 11.5 Å². The van der Waals surface area contributed by atoms with Gasteiger partial charge in [-0.15, -0.1) is 11.3 Å². The number of methoxy groups -OCH3 is 1. The third-order valence-electron chi connectivity index (χ3n) is 4.86. The lowest BCUT2D eigenvalue weighted by molar-refractivity contribution is 0.246. The van der Waals surface area contributed by atoms with Crippen LogP contribution in [0.2, 0.25) is 0 Å². The van der Waals surface area contributed by atoms with Crippen molar-refractivity contribution < 1.29 is 9.47 Å². The highest BCUT2D eigenvalue weighted by molar-refractivity contribution is 7.13. The molecule has 4 rings (SSSR count). The summed E-state index contributed by atoms with van der Waals surface area (Å²) in [5.74, 6) is 2.31. The highest BCUT2D eigenvalue weighted by Gasteiger charge is 2.20. The zero-order valence-corrected chi connectivity index (χ0v) is 17.6. The van der Waals surface area contributed by atoms with Crippen molar-refractivity contribution in [1.29, 1.82) is 0 Å². The Morgan fingerprint density at radius 2 is 1.86 bits per heavy atom. The standard InChI is InChI=1S/C21H25N5O2S/c1-3-28-18-6-5-16(13-19(18)27-2)20-24-17(15-29-20)14-25-9-11-26(12-10-25)21-22-7-4-8-23-21/h4-8,13,15H,3,9-12,14H2,1-2H3. The van der Waals surface area contributed by atoms with Gasteiger partial charge >= 0.3 is 0 Å². The van der Waals surface area contributed by atoms with Crippen molar-refractivity contribution >= 4 is 17.3 Å². The SMILES string of the molecule is CCOc1ccc(-c2nc(CN3CCN(c4ncccn4)CC3)cs2)cc1OC. The van der Waals surface area contributed by atoms with Gasteiger partial charge in [-0.3, -0.25) is 4.90 Å². The van der Waals surface area contributed by atoms with Crippen LogP contribution in [0.3, 0.4) is 0 Å². The van der Waals surface area contributed by atoms with Gasteiger partial charge < -0.3 is 14.4 Å². The number of thiazole rings is 1. The van der Waals surface area contributed by atoms with Crippen molar-refractivity contribution in [1.82, 2.24) is 19.9 Å². The fourth-order valence-electron chi connectivity index (χ4n) is 3.38. The van der Waals surface area contributed by atoms with Crippen molar-refractivity contribution in [3.63, 3.8) is 0 Å². The Morgan fingerprint density at radius 3 is 2.59 bits per heavy atom. The monoisotopic (exact) mass is 411 g/mol. The van der Waals surface area contributed by atoms with E-state index in [2.05, 4.69) is 25.1 Å². The number of rotatable bonds is 7. The highest BCUT2D eigenvalue weighted by Crippen LogP contribution is 2.34. The number of ether oxygens (including phenoxy) is 2. The van der Waals surface area contributed by atoms with Crippen molar-refractivity contribution in [2.75, 3.05) is 44.8 Å². The first-order chi connectivity index (χ1) is 14.3. The van der Waals surface area contributed by atoms with E-state index in [1.54, 1.807) is 30.8 Å². The molecule has 0 atom stereocenters. The van der Waals surface area contributed by atoms with E-state index < -0.39 is 0 Å². The molecule has 1 aliphatic heterocycles. The van der Waals surface area contributed by atoms with Crippen molar-refractivity contribution in [2.45, 2.75) is 13.5 Å². The topological polar surface area (TPSA) is 63.6 Å². The third kappa shape index (κ3) is 4.65. The first kappa shape index (κ1) is 19.6. The fraction of sp³-hybridized carbons (Fsp3) is 0.381. The van der Waals surface area contributed by atoms with E-state index in [-0.39, 0.29) is 0 Å². The van der Waals surface area contributed by atoms with E-state index in [9.17, 15) is 0 Å². The molecule has 0 unspecified atom stereocenters. The molecule has 3 aromatic rings. The molecule has 1 saturated heterocycles. The summed E-state index contributed by atoms with van der Waals surface area (Å²) in [6.07, 6.45) is 3.59. The minimum Gasteiger partial charge on any atom is -0.493 e. The third-order valence-corrected chi connectivity index (χ3v) is 5.80. The predicted molar refractivity (Wildman–Crippen MR) is 115 cm³/mol. The molecule has 0 spiro atoms. The summed E-state index contributed by atoms with van der Waals surface area (Å²) >= 11 is 1.66. The van der Waals surface area contributed by atoms with Crippen LogP contribution in [0.25, 0.3) is 10.6 Å². The first-order valence-electron chi connectivity index (χ1n) is 9.76. The van der Waals surface area contributed by atoms with Crippen LogP contribution in [0.4, 0.5) is 5.95 Å². The van der Waals surface area contributed by atoms with E-state index in [1.165, 1.54) is 0 Å². The number of hydrogen-bond donors (Lipinski definition) is 0. The average molecular weight is 412 g/mol. The Hall–Kier alpha value is -2.71. The van der Waals surface area contributed by atoms with Crippen LogP contribution in [-0.2, 0) is 6.54 Å². The number of piperazine rings is 1.